The number of nitrogens with one attached hydrogen (secondary N) is 3. The maximum Gasteiger partial charge on any atom is 0.333 e. The van der Waals surface area contributed by atoms with E-state index in [4.69, 9.17) is 0 Å². The molecule has 188 valence electrons. The number of hydrogen-bond donors (Lipinski definition) is 3. The van der Waals surface area contributed by atoms with Crippen molar-refractivity contribution in [2.24, 2.45) is 0 Å². The van der Waals surface area contributed by atoms with Crippen molar-refractivity contribution in [2.45, 2.75) is 17.6 Å². The number of anilines is 2. The largest absolute Gasteiger partial charge is 0.388 e. The maximum atomic E-state index is 15.1. The number of amides is 2. The van der Waals surface area contributed by atoms with Crippen LogP contribution in [-0.4, -0.2) is 26.1 Å². The number of hydrogen-bond acceptors (Lipinski definition) is 6. The number of rotatable bonds is 6. The van der Waals surface area contributed by atoms with E-state index < -0.39 is 50.8 Å². The zero-order chi connectivity index (χ0) is 26.2. The average Bonchev–Trinajstić information content (AvgIpc) is 3.26. The highest BCUT2D eigenvalue weighted by atomic mass is 32.2. The molecule has 36 heavy (non-hydrogen) atoms. The number of halogens is 3. The summed E-state index contributed by atoms with van der Waals surface area (Å²) < 4.78 is 70.0. The number of alkyl halides is 2. The van der Waals surface area contributed by atoms with Crippen molar-refractivity contribution in [3.8, 4) is 5.69 Å². The lowest BCUT2D eigenvalue weighted by Crippen LogP contribution is -2.34. The number of urea groups is 1. The van der Waals surface area contributed by atoms with E-state index in [9.17, 15) is 26.8 Å². The monoisotopic (exact) mass is 536 g/mol. The molecule has 8 nitrogen and oxygen atoms in total. The third-order valence-electron chi connectivity index (χ3n) is 5.23. The molecule has 0 radical (unpaired) electrons. The highest BCUT2D eigenvalue weighted by Gasteiger charge is 2.24. The Hall–Kier alpha value is -3.84. The van der Waals surface area contributed by atoms with Crippen LogP contribution in [0.25, 0.3) is 16.5 Å². The molecule has 0 spiro atoms. The molecule has 4 rings (SSSR count). The third-order valence-corrected chi connectivity index (χ3v) is 8.05. The van der Waals surface area contributed by atoms with Gasteiger partial charge in [0.1, 0.15) is 10.0 Å². The van der Waals surface area contributed by atoms with Crippen LogP contribution in [0.1, 0.15) is 16.9 Å². The van der Waals surface area contributed by atoms with E-state index in [2.05, 4.69) is 10.6 Å². The quantitative estimate of drug-likeness (QED) is 0.322. The van der Waals surface area contributed by atoms with Crippen LogP contribution in [0.3, 0.4) is 0 Å². The van der Waals surface area contributed by atoms with E-state index in [1.165, 1.54) is 24.4 Å². The summed E-state index contributed by atoms with van der Waals surface area (Å²) in [5.41, 5.74) is -1.96. The maximum absolute atomic E-state index is 15.1. The number of carbonyl (C=O) groups is 1. The van der Waals surface area contributed by atoms with Gasteiger partial charge in [0.05, 0.1) is 5.69 Å². The van der Waals surface area contributed by atoms with E-state index in [1.807, 2.05) is 0 Å². The predicted molar refractivity (Wildman–Crippen MR) is 132 cm³/mol. The second-order valence-electron chi connectivity index (χ2n) is 7.66. The first-order valence-corrected chi connectivity index (χ1v) is 12.7. The molecular weight excluding hydrogens is 517 g/mol. The summed E-state index contributed by atoms with van der Waals surface area (Å²) in [5.74, 6) is -1.21. The van der Waals surface area contributed by atoms with Crippen molar-refractivity contribution in [3.63, 3.8) is 0 Å². The summed E-state index contributed by atoms with van der Waals surface area (Å²) in [4.78, 5) is 25.9. The van der Waals surface area contributed by atoms with E-state index in [0.717, 1.165) is 33.7 Å². The number of benzene rings is 2. The highest BCUT2D eigenvalue weighted by Crippen LogP contribution is 2.31. The second-order valence-corrected chi connectivity index (χ2v) is 10.9. The Bertz CT molecular complexity index is 1650. The summed E-state index contributed by atoms with van der Waals surface area (Å²) in [5, 5.41) is 5.69. The summed E-state index contributed by atoms with van der Waals surface area (Å²) in [6.45, 7) is 1.68. The molecule has 0 saturated carbocycles. The van der Waals surface area contributed by atoms with Gasteiger partial charge in [-0.15, -0.1) is 11.3 Å². The number of nitrogens with zero attached hydrogens (tertiary/aromatic N) is 1. The molecule has 0 atom stereocenters. The van der Waals surface area contributed by atoms with Crippen LogP contribution < -0.4 is 20.9 Å². The molecular formula is C23H19F3N4O4S2. The lowest BCUT2D eigenvalue weighted by Gasteiger charge is -2.16. The normalized spacial score (nSPS) is 11.6. The summed E-state index contributed by atoms with van der Waals surface area (Å²) in [6.07, 6.45) is -2.03. The molecule has 0 bridgehead atoms. The van der Waals surface area contributed by atoms with Crippen LogP contribution in [0.2, 0.25) is 0 Å². The van der Waals surface area contributed by atoms with E-state index in [1.54, 1.807) is 36.9 Å². The molecule has 0 fully saturated rings. The Kier molecular flexibility index (Phi) is 6.78. The molecule has 2 aromatic heterocycles. The summed E-state index contributed by atoms with van der Waals surface area (Å²) >= 11 is 0.930. The van der Waals surface area contributed by atoms with Crippen molar-refractivity contribution >= 4 is 49.5 Å². The van der Waals surface area contributed by atoms with Crippen LogP contribution >= 0.6 is 11.3 Å². The fourth-order valence-corrected chi connectivity index (χ4v) is 5.77. The minimum absolute atomic E-state index is 0.123. The molecule has 0 unspecified atom stereocenters. The fourth-order valence-electron chi connectivity index (χ4n) is 3.58. The second kappa shape index (κ2) is 9.66. The Morgan fingerprint density at radius 2 is 1.81 bits per heavy atom. The van der Waals surface area contributed by atoms with Gasteiger partial charge in [-0.2, -0.15) is 0 Å². The lowest BCUT2D eigenvalue weighted by molar-refractivity contribution is 0.151. The molecule has 2 aromatic carbocycles. The van der Waals surface area contributed by atoms with Crippen LogP contribution in [0.15, 0.2) is 63.7 Å². The van der Waals surface area contributed by atoms with Gasteiger partial charge in [0.2, 0.25) is 0 Å². The molecule has 0 aliphatic heterocycles. The fraction of sp³-hybridized carbons (Fsp3) is 0.130. The first kappa shape index (κ1) is 25.3. The van der Waals surface area contributed by atoms with Gasteiger partial charge in [-0.3, -0.25) is 9.36 Å². The molecule has 2 heterocycles. The van der Waals surface area contributed by atoms with Crippen LogP contribution in [-0.2, 0) is 10.0 Å². The molecule has 0 saturated heterocycles. The lowest BCUT2D eigenvalue weighted by atomic mass is 10.1. The van der Waals surface area contributed by atoms with Gasteiger partial charge in [-0.05, 0) is 60.8 Å². The van der Waals surface area contributed by atoms with Crippen molar-refractivity contribution in [3.05, 3.63) is 81.3 Å². The molecule has 4 aromatic rings. The van der Waals surface area contributed by atoms with Crippen molar-refractivity contribution in [1.29, 1.82) is 0 Å². The van der Waals surface area contributed by atoms with E-state index >= 15 is 4.39 Å². The van der Waals surface area contributed by atoms with Gasteiger partial charge >= 0.3 is 6.03 Å². The van der Waals surface area contributed by atoms with Gasteiger partial charge < -0.3 is 10.6 Å². The first-order valence-electron chi connectivity index (χ1n) is 10.4. The molecule has 2 amide bonds. The van der Waals surface area contributed by atoms with Gasteiger partial charge in [-0.25, -0.2) is 31.1 Å². The van der Waals surface area contributed by atoms with Gasteiger partial charge in [0.15, 0.2) is 0 Å². The SMILES string of the molecule is CNc1ccc2c(=O)n(-c3c(F)cc(NC(=O)NS(=O)(=O)c4ccc(C)s4)cc3C(F)F)ccc2c1. The summed E-state index contributed by atoms with van der Waals surface area (Å²) in [6, 6.07) is 9.39. The van der Waals surface area contributed by atoms with Crippen molar-refractivity contribution in [2.75, 3.05) is 17.7 Å². The Balaban J connectivity index is 1.69. The predicted octanol–water partition coefficient (Wildman–Crippen LogP) is 4.99. The third kappa shape index (κ3) is 4.93. The molecule has 0 aliphatic rings. The van der Waals surface area contributed by atoms with Crippen LogP contribution in [0, 0.1) is 12.7 Å². The topological polar surface area (TPSA) is 109 Å². The highest BCUT2D eigenvalue weighted by molar-refractivity contribution is 7.92. The number of fused-ring (bicyclic) bond motifs is 1. The van der Waals surface area contributed by atoms with E-state index in [0.29, 0.717) is 10.3 Å². The Morgan fingerprint density at radius 3 is 2.44 bits per heavy atom. The molecule has 13 heteroatoms. The van der Waals surface area contributed by atoms with E-state index in [-0.39, 0.29) is 9.60 Å². The number of thiophene rings is 1. The standard InChI is InChI=1S/C23H19F3N4O4S2/c1-12-3-6-19(35-12)36(33,34)29-23(32)28-15-10-17(21(25)26)20(18(24)11-15)30-8-7-13-9-14(27-2)4-5-16(13)22(30)31/h3-11,21,27H,1-2H3,(H2,28,29,32). The van der Waals surface area contributed by atoms with Crippen molar-refractivity contribution < 1.29 is 26.4 Å². The number of sulfonamides is 1. The zero-order valence-corrected chi connectivity index (χ0v) is 20.4. The minimum atomic E-state index is -4.21. The smallest absolute Gasteiger partial charge is 0.333 e. The Morgan fingerprint density at radius 1 is 1.06 bits per heavy atom. The molecule has 0 aliphatic carbocycles. The zero-order valence-electron chi connectivity index (χ0n) is 18.8. The Labute approximate surface area is 207 Å². The first-order chi connectivity index (χ1) is 17.0. The number of aryl methyl sites for hydroxylation is 1. The number of pyridine rings is 1. The van der Waals surface area contributed by atoms with Crippen LogP contribution in [0.4, 0.5) is 29.3 Å². The molecule has 3 N–H and O–H groups in total. The van der Waals surface area contributed by atoms with Gasteiger partial charge in [0.25, 0.3) is 22.0 Å². The van der Waals surface area contributed by atoms with Gasteiger partial charge in [0, 0.05) is 40.4 Å². The summed E-state index contributed by atoms with van der Waals surface area (Å²) in [7, 11) is -2.52. The van der Waals surface area contributed by atoms with Gasteiger partial charge in [-0.1, -0.05) is 0 Å². The minimum Gasteiger partial charge on any atom is -0.388 e. The average molecular weight is 537 g/mol. The van der Waals surface area contributed by atoms with Crippen molar-refractivity contribution in [1.82, 2.24) is 9.29 Å². The number of carbonyl (C=O) groups excluding carboxylic acids is 1. The number of aromatic nitrogens is 1. The van der Waals surface area contributed by atoms with Crippen LogP contribution in [0.5, 0.6) is 0 Å².